The second-order valence-corrected chi connectivity index (χ2v) is 5.67. The van der Waals surface area contributed by atoms with Gasteiger partial charge in [-0.25, -0.2) is 0 Å². The second-order valence-electron chi connectivity index (χ2n) is 5.67. The Morgan fingerprint density at radius 1 is 1.45 bits per heavy atom. The second kappa shape index (κ2) is 6.47. The molecule has 0 unspecified atom stereocenters. The summed E-state index contributed by atoms with van der Waals surface area (Å²) in [6.45, 7) is 4.10. The van der Waals surface area contributed by atoms with E-state index < -0.39 is 4.92 Å². The molecule has 0 aliphatic heterocycles. The van der Waals surface area contributed by atoms with Crippen LogP contribution in [-0.4, -0.2) is 28.3 Å². The van der Waals surface area contributed by atoms with Crippen molar-refractivity contribution in [2.24, 2.45) is 5.73 Å². The molecule has 0 atom stereocenters. The molecule has 1 rings (SSSR count). The Labute approximate surface area is 118 Å². The molecule has 0 spiro atoms. The number of nitrogens with two attached hydrogens (primary N) is 1. The van der Waals surface area contributed by atoms with Crippen molar-refractivity contribution in [3.8, 4) is 0 Å². The van der Waals surface area contributed by atoms with Crippen molar-refractivity contribution in [1.29, 1.82) is 0 Å². The molecule has 0 bridgehead atoms. The zero-order valence-corrected chi connectivity index (χ0v) is 12.1. The Morgan fingerprint density at radius 3 is 2.65 bits per heavy atom. The highest BCUT2D eigenvalue weighted by Crippen LogP contribution is 2.15. The molecule has 0 aliphatic carbocycles. The van der Waals surface area contributed by atoms with Crippen molar-refractivity contribution in [1.82, 2.24) is 4.90 Å². The monoisotopic (exact) mass is 279 g/mol. The van der Waals surface area contributed by atoms with Crippen LogP contribution in [0.3, 0.4) is 0 Å². The molecule has 0 aliphatic rings. The highest BCUT2D eigenvalue weighted by molar-refractivity contribution is 5.76. The average molecular weight is 279 g/mol. The minimum Gasteiger partial charge on any atom is -0.341 e. The molecule has 6 heteroatoms. The fourth-order valence-corrected chi connectivity index (χ4v) is 1.75. The lowest BCUT2D eigenvalue weighted by atomic mass is 10.00. The minimum absolute atomic E-state index is 0.0185. The quantitative estimate of drug-likeness (QED) is 0.637. The first-order valence-corrected chi connectivity index (χ1v) is 6.45. The summed E-state index contributed by atoms with van der Waals surface area (Å²) >= 11 is 0. The van der Waals surface area contributed by atoms with Gasteiger partial charge in [0.05, 0.1) is 4.92 Å². The van der Waals surface area contributed by atoms with Gasteiger partial charge in [-0.2, -0.15) is 0 Å². The van der Waals surface area contributed by atoms with Crippen LogP contribution in [0.2, 0.25) is 0 Å². The summed E-state index contributed by atoms with van der Waals surface area (Å²) < 4.78 is 0. The lowest BCUT2D eigenvalue weighted by molar-refractivity contribution is -0.384. The van der Waals surface area contributed by atoms with Gasteiger partial charge >= 0.3 is 0 Å². The van der Waals surface area contributed by atoms with Gasteiger partial charge in [0, 0.05) is 37.7 Å². The van der Waals surface area contributed by atoms with Gasteiger partial charge in [0.1, 0.15) is 0 Å². The predicted molar refractivity (Wildman–Crippen MR) is 77.1 cm³/mol. The van der Waals surface area contributed by atoms with Gasteiger partial charge in [-0.05, 0) is 25.8 Å². The first-order valence-electron chi connectivity index (χ1n) is 6.45. The van der Waals surface area contributed by atoms with Gasteiger partial charge in [0.15, 0.2) is 0 Å². The minimum atomic E-state index is -0.442. The fraction of sp³-hybridized carbons (Fsp3) is 0.500. The van der Waals surface area contributed by atoms with Crippen LogP contribution in [0.15, 0.2) is 24.3 Å². The van der Waals surface area contributed by atoms with Crippen LogP contribution in [0.5, 0.6) is 0 Å². The van der Waals surface area contributed by atoms with Crippen molar-refractivity contribution >= 4 is 11.6 Å². The Bertz CT molecular complexity index is 495. The Balaban J connectivity index is 2.61. The van der Waals surface area contributed by atoms with Crippen LogP contribution < -0.4 is 5.73 Å². The SMILES string of the molecule is CN(Cc1cccc([N+](=O)[O-])c1)C(=O)CCC(C)(C)N. The Morgan fingerprint density at radius 2 is 2.10 bits per heavy atom. The van der Waals surface area contributed by atoms with E-state index in [4.69, 9.17) is 5.73 Å². The zero-order chi connectivity index (χ0) is 15.3. The van der Waals surface area contributed by atoms with Crippen LogP contribution in [0.4, 0.5) is 5.69 Å². The highest BCUT2D eigenvalue weighted by Gasteiger charge is 2.16. The van der Waals surface area contributed by atoms with Crippen LogP contribution in [-0.2, 0) is 11.3 Å². The summed E-state index contributed by atoms with van der Waals surface area (Å²) in [6.07, 6.45) is 0.972. The number of nitro benzene ring substituents is 1. The summed E-state index contributed by atoms with van der Waals surface area (Å²) in [6, 6.07) is 6.30. The summed E-state index contributed by atoms with van der Waals surface area (Å²) in [5.41, 5.74) is 6.24. The molecule has 1 amide bonds. The third kappa shape index (κ3) is 5.36. The van der Waals surface area contributed by atoms with E-state index in [-0.39, 0.29) is 17.1 Å². The predicted octanol–water partition coefficient (Wildman–Crippen LogP) is 2.07. The molecule has 110 valence electrons. The number of amides is 1. The van der Waals surface area contributed by atoms with Crippen LogP contribution in [0.25, 0.3) is 0 Å². The topological polar surface area (TPSA) is 89.5 Å². The number of hydrogen-bond donors (Lipinski definition) is 1. The average Bonchev–Trinajstić information content (AvgIpc) is 2.35. The summed E-state index contributed by atoms with van der Waals surface area (Å²) in [5.74, 6) is -0.0185. The summed E-state index contributed by atoms with van der Waals surface area (Å²) in [5, 5.41) is 10.7. The van der Waals surface area contributed by atoms with Gasteiger partial charge in [-0.3, -0.25) is 14.9 Å². The van der Waals surface area contributed by atoms with E-state index in [2.05, 4.69) is 0 Å². The maximum absolute atomic E-state index is 11.9. The van der Waals surface area contributed by atoms with Gasteiger partial charge in [0.2, 0.25) is 5.91 Å². The van der Waals surface area contributed by atoms with Crippen molar-refractivity contribution in [2.75, 3.05) is 7.05 Å². The number of non-ortho nitro benzene ring substituents is 1. The molecule has 6 nitrogen and oxygen atoms in total. The molecule has 0 saturated heterocycles. The summed E-state index contributed by atoms with van der Waals surface area (Å²) in [4.78, 5) is 23.8. The molecule has 20 heavy (non-hydrogen) atoms. The number of benzene rings is 1. The lowest BCUT2D eigenvalue weighted by Gasteiger charge is -2.21. The highest BCUT2D eigenvalue weighted by atomic mass is 16.6. The summed E-state index contributed by atoms with van der Waals surface area (Å²) in [7, 11) is 1.69. The fourth-order valence-electron chi connectivity index (χ4n) is 1.75. The smallest absolute Gasteiger partial charge is 0.269 e. The normalized spacial score (nSPS) is 11.2. The number of nitro groups is 1. The van der Waals surface area contributed by atoms with Crippen LogP contribution in [0.1, 0.15) is 32.3 Å². The number of nitrogens with zero attached hydrogens (tertiary/aromatic N) is 2. The standard InChI is InChI=1S/C14H21N3O3/c1-14(2,15)8-7-13(18)16(3)10-11-5-4-6-12(9-11)17(19)20/h4-6,9H,7-8,10,15H2,1-3H3. The third-order valence-corrected chi connectivity index (χ3v) is 2.95. The van der Waals surface area contributed by atoms with E-state index >= 15 is 0 Å². The number of hydrogen-bond acceptors (Lipinski definition) is 4. The maximum Gasteiger partial charge on any atom is 0.269 e. The third-order valence-electron chi connectivity index (χ3n) is 2.95. The van der Waals surface area contributed by atoms with E-state index in [1.54, 1.807) is 24.1 Å². The van der Waals surface area contributed by atoms with Gasteiger partial charge in [0.25, 0.3) is 5.69 Å². The van der Waals surface area contributed by atoms with E-state index in [0.29, 0.717) is 19.4 Å². The van der Waals surface area contributed by atoms with Crippen molar-refractivity contribution < 1.29 is 9.72 Å². The molecular formula is C14H21N3O3. The lowest BCUT2D eigenvalue weighted by Crippen LogP contribution is -2.34. The molecule has 0 radical (unpaired) electrons. The van der Waals surface area contributed by atoms with E-state index in [1.807, 2.05) is 13.8 Å². The maximum atomic E-state index is 11.9. The molecule has 0 aromatic heterocycles. The molecule has 0 heterocycles. The van der Waals surface area contributed by atoms with Gasteiger partial charge in [-0.1, -0.05) is 12.1 Å². The number of rotatable bonds is 6. The van der Waals surface area contributed by atoms with Crippen LogP contribution in [0, 0.1) is 10.1 Å². The Kier molecular flexibility index (Phi) is 5.21. The van der Waals surface area contributed by atoms with E-state index in [1.165, 1.54) is 12.1 Å². The van der Waals surface area contributed by atoms with Crippen LogP contribution >= 0.6 is 0 Å². The molecule has 0 fully saturated rings. The first kappa shape index (κ1) is 16.1. The number of carbonyl (C=O) groups is 1. The molecular weight excluding hydrogens is 258 g/mol. The Hall–Kier alpha value is -1.95. The van der Waals surface area contributed by atoms with Crippen molar-refractivity contribution in [3.05, 3.63) is 39.9 Å². The van der Waals surface area contributed by atoms with E-state index in [9.17, 15) is 14.9 Å². The van der Waals surface area contributed by atoms with Crippen molar-refractivity contribution in [3.63, 3.8) is 0 Å². The molecule has 1 aromatic rings. The number of carbonyl (C=O) groups excluding carboxylic acids is 1. The zero-order valence-electron chi connectivity index (χ0n) is 12.1. The molecule has 0 saturated carbocycles. The first-order chi connectivity index (χ1) is 9.19. The molecule has 2 N–H and O–H groups in total. The van der Waals surface area contributed by atoms with Gasteiger partial charge < -0.3 is 10.6 Å². The van der Waals surface area contributed by atoms with Crippen molar-refractivity contribution in [2.45, 2.75) is 38.8 Å². The largest absolute Gasteiger partial charge is 0.341 e. The van der Waals surface area contributed by atoms with Gasteiger partial charge in [-0.15, -0.1) is 0 Å². The van der Waals surface area contributed by atoms with E-state index in [0.717, 1.165) is 5.56 Å². The molecule has 1 aromatic carbocycles.